The lowest BCUT2D eigenvalue weighted by atomic mass is 9.96. The van der Waals surface area contributed by atoms with Crippen LogP contribution in [-0.4, -0.2) is 24.2 Å². The number of hydrogen-bond donors (Lipinski definition) is 1. The Kier molecular flexibility index (Phi) is 3.35. The summed E-state index contributed by atoms with van der Waals surface area (Å²) in [4.78, 5) is 11.1. The molecule has 1 aliphatic rings. The third-order valence-corrected chi connectivity index (χ3v) is 2.44. The number of Topliss-reactive ketones (excluding diaryl/α,β-unsaturated/α-hetero) is 1. The van der Waals surface area contributed by atoms with Gasteiger partial charge in [-0.15, -0.1) is 0 Å². The predicted octanol–water partition coefficient (Wildman–Crippen LogP) is 0.950. The van der Waals surface area contributed by atoms with E-state index in [9.17, 15) is 4.79 Å². The lowest BCUT2D eigenvalue weighted by molar-refractivity contribution is -0.120. The largest absolute Gasteiger partial charge is 0.316 e. The minimum Gasteiger partial charge on any atom is -0.316 e. The van der Waals surface area contributed by atoms with Crippen LogP contribution in [0.25, 0.3) is 0 Å². The number of nitrogens with one attached hydrogen (secondary N) is 1. The molecule has 0 amide bonds. The van der Waals surface area contributed by atoms with Crippen LogP contribution in [0.5, 0.6) is 0 Å². The molecule has 1 saturated heterocycles. The smallest absolute Gasteiger partial charge is 0.147 e. The van der Waals surface area contributed by atoms with E-state index in [1.165, 1.54) is 0 Å². The van der Waals surface area contributed by atoms with Gasteiger partial charge in [-0.25, -0.2) is 0 Å². The van der Waals surface area contributed by atoms with E-state index in [0.29, 0.717) is 11.1 Å². The van der Waals surface area contributed by atoms with Crippen LogP contribution in [0.1, 0.15) is 12.8 Å². The van der Waals surface area contributed by atoms with Crippen molar-refractivity contribution in [2.45, 2.75) is 12.8 Å². The number of hydrogen-bond acceptors (Lipinski definition) is 2. The van der Waals surface area contributed by atoms with Crippen molar-refractivity contribution in [3.8, 4) is 0 Å². The van der Waals surface area contributed by atoms with Crippen molar-refractivity contribution >= 4 is 21.7 Å². The summed E-state index contributed by atoms with van der Waals surface area (Å²) in [5.41, 5.74) is 0. The zero-order valence-corrected chi connectivity index (χ0v) is 7.49. The normalized spacial score (nSPS) is 26.3. The summed E-state index contributed by atoms with van der Waals surface area (Å²) >= 11 is 3.17. The Hall–Kier alpha value is 0.110. The van der Waals surface area contributed by atoms with E-state index in [1.807, 2.05) is 0 Å². The molecule has 0 aliphatic carbocycles. The molecular weight excluding hydrogens is 194 g/mol. The lowest BCUT2D eigenvalue weighted by Crippen LogP contribution is -2.34. The Morgan fingerprint density at radius 2 is 2.50 bits per heavy atom. The van der Waals surface area contributed by atoms with Crippen LogP contribution in [0.3, 0.4) is 0 Å². The first kappa shape index (κ1) is 8.21. The van der Waals surface area contributed by atoms with Crippen LogP contribution in [0, 0.1) is 5.92 Å². The van der Waals surface area contributed by atoms with Crippen molar-refractivity contribution in [2.24, 2.45) is 5.92 Å². The summed E-state index contributed by atoms with van der Waals surface area (Å²) in [6.07, 6.45) is 2.21. The van der Waals surface area contributed by atoms with Crippen LogP contribution < -0.4 is 5.32 Å². The molecule has 1 atom stereocenters. The molecule has 0 aromatic carbocycles. The summed E-state index contributed by atoms with van der Waals surface area (Å²) in [6.45, 7) is 1.95. The second-order valence-corrected chi connectivity index (χ2v) is 3.20. The van der Waals surface area contributed by atoms with Crippen LogP contribution in [-0.2, 0) is 4.79 Å². The van der Waals surface area contributed by atoms with Crippen LogP contribution in [0.15, 0.2) is 0 Å². The van der Waals surface area contributed by atoms with E-state index < -0.39 is 0 Å². The molecule has 1 N–H and O–H groups in total. The maximum Gasteiger partial charge on any atom is 0.147 e. The van der Waals surface area contributed by atoms with Gasteiger partial charge >= 0.3 is 0 Å². The molecule has 1 aliphatic heterocycles. The van der Waals surface area contributed by atoms with Gasteiger partial charge in [0, 0.05) is 12.5 Å². The third kappa shape index (κ3) is 2.06. The molecule has 1 rings (SSSR count). The third-order valence-electron chi connectivity index (χ3n) is 1.88. The molecule has 58 valence electrons. The van der Waals surface area contributed by atoms with Gasteiger partial charge in [-0.1, -0.05) is 15.9 Å². The second-order valence-electron chi connectivity index (χ2n) is 2.64. The SMILES string of the molecule is O=C(CBr)C1CCCNC1. The van der Waals surface area contributed by atoms with Gasteiger partial charge < -0.3 is 5.32 Å². The van der Waals surface area contributed by atoms with Crippen LogP contribution in [0.4, 0.5) is 0 Å². The summed E-state index contributed by atoms with van der Waals surface area (Å²) in [7, 11) is 0. The Labute approximate surface area is 69.5 Å². The molecule has 3 heteroatoms. The highest BCUT2D eigenvalue weighted by atomic mass is 79.9. The fraction of sp³-hybridized carbons (Fsp3) is 0.857. The molecule has 0 aromatic heterocycles. The van der Waals surface area contributed by atoms with Crippen molar-refractivity contribution in [1.29, 1.82) is 0 Å². The lowest BCUT2D eigenvalue weighted by Gasteiger charge is -2.20. The number of ketones is 1. The molecule has 1 heterocycles. The first-order chi connectivity index (χ1) is 4.84. The first-order valence-electron chi connectivity index (χ1n) is 3.64. The van der Waals surface area contributed by atoms with Gasteiger partial charge in [0.2, 0.25) is 0 Å². The first-order valence-corrected chi connectivity index (χ1v) is 4.76. The predicted molar refractivity (Wildman–Crippen MR) is 44.4 cm³/mol. The van der Waals surface area contributed by atoms with Crippen molar-refractivity contribution in [3.63, 3.8) is 0 Å². The van der Waals surface area contributed by atoms with Crippen molar-refractivity contribution in [2.75, 3.05) is 18.4 Å². The number of piperidine rings is 1. The summed E-state index contributed by atoms with van der Waals surface area (Å²) in [6, 6.07) is 0. The quantitative estimate of drug-likeness (QED) is 0.681. The Morgan fingerprint density at radius 1 is 1.70 bits per heavy atom. The minimum atomic E-state index is 0.271. The molecule has 0 aromatic rings. The van der Waals surface area contributed by atoms with Gasteiger partial charge in [-0.2, -0.15) is 0 Å². The maximum absolute atomic E-state index is 11.1. The van der Waals surface area contributed by atoms with Crippen LogP contribution >= 0.6 is 15.9 Å². The zero-order chi connectivity index (χ0) is 7.40. The molecule has 10 heavy (non-hydrogen) atoms. The van der Waals surface area contributed by atoms with E-state index >= 15 is 0 Å². The number of alkyl halides is 1. The molecular formula is C7H12BrNO. The van der Waals surface area contributed by atoms with E-state index in [1.54, 1.807) is 0 Å². The van der Waals surface area contributed by atoms with E-state index in [0.717, 1.165) is 25.9 Å². The Balaban J connectivity index is 2.31. The van der Waals surface area contributed by atoms with Gasteiger partial charge in [-0.05, 0) is 19.4 Å². The fourth-order valence-electron chi connectivity index (χ4n) is 1.24. The highest BCUT2D eigenvalue weighted by Gasteiger charge is 2.18. The Morgan fingerprint density at radius 3 is 3.00 bits per heavy atom. The number of rotatable bonds is 2. The maximum atomic E-state index is 11.1. The molecule has 1 fully saturated rings. The molecule has 2 nitrogen and oxygen atoms in total. The summed E-state index contributed by atoms with van der Waals surface area (Å²) < 4.78 is 0. The van der Waals surface area contributed by atoms with Gasteiger partial charge in [0.1, 0.15) is 5.78 Å². The monoisotopic (exact) mass is 205 g/mol. The summed E-state index contributed by atoms with van der Waals surface area (Å²) in [5, 5.41) is 3.72. The van der Waals surface area contributed by atoms with Crippen LogP contribution in [0.2, 0.25) is 0 Å². The van der Waals surface area contributed by atoms with Gasteiger partial charge in [0.25, 0.3) is 0 Å². The number of carbonyl (C=O) groups excluding carboxylic acids is 1. The average Bonchev–Trinajstić information content (AvgIpc) is 2.05. The van der Waals surface area contributed by atoms with E-state index in [4.69, 9.17) is 0 Å². The Bertz CT molecular complexity index is 121. The summed E-state index contributed by atoms with van der Waals surface area (Å²) in [5.74, 6) is 0.611. The van der Waals surface area contributed by atoms with Gasteiger partial charge in [0.05, 0.1) is 5.33 Å². The highest BCUT2D eigenvalue weighted by molar-refractivity contribution is 9.09. The second kappa shape index (κ2) is 4.09. The minimum absolute atomic E-state index is 0.271. The number of carbonyl (C=O) groups is 1. The number of halogens is 1. The van der Waals surface area contributed by atoms with Crippen molar-refractivity contribution < 1.29 is 4.79 Å². The zero-order valence-electron chi connectivity index (χ0n) is 5.90. The van der Waals surface area contributed by atoms with Crippen molar-refractivity contribution in [1.82, 2.24) is 5.32 Å². The molecule has 0 bridgehead atoms. The molecule has 0 spiro atoms. The highest BCUT2D eigenvalue weighted by Crippen LogP contribution is 2.11. The van der Waals surface area contributed by atoms with Gasteiger partial charge in [-0.3, -0.25) is 4.79 Å². The molecule has 0 radical (unpaired) electrons. The molecule has 1 unspecified atom stereocenters. The average molecular weight is 206 g/mol. The van der Waals surface area contributed by atoms with Gasteiger partial charge in [0.15, 0.2) is 0 Å². The fourth-order valence-corrected chi connectivity index (χ4v) is 1.69. The van der Waals surface area contributed by atoms with Crippen molar-refractivity contribution in [3.05, 3.63) is 0 Å². The topological polar surface area (TPSA) is 29.1 Å². The standard InChI is InChI=1S/C7H12BrNO/c8-4-7(10)6-2-1-3-9-5-6/h6,9H,1-5H2. The van der Waals surface area contributed by atoms with E-state index in [2.05, 4.69) is 21.2 Å². The van der Waals surface area contributed by atoms with E-state index in [-0.39, 0.29) is 5.92 Å². The molecule has 0 saturated carbocycles.